The van der Waals surface area contributed by atoms with Crippen molar-refractivity contribution in [3.05, 3.63) is 42.0 Å². The molecule has 1 heterocycles. The molecule has 2 aliphatic rings. The van der Waals surface area contributed by atoms with Crippen molar-refractivity contribution in [3.63, 3.8) is 0 Å². The Balaban J connectivity index is 1.77. The van der Waals surface area contributed by atoms with Gasteiger partial charge in [-0.3, -0.25) is 4.79 Å². The Morgan fingerprint density at radius 2 is 2.19 bits per heavy atom. The molecule has 0 aromatic heterocycles. The number of rotatable bonds is 4. The van der Waals surface area contributed by atoms with Crippen molar-refractivity contribution in [2.75, 3.05) is 13.2 Å². The first-order valence-electron chi connectivity index (χ1n) is 7.06. The molecular formula is C17H17NO3. The van der Waals surface area contributed by atoms with E-state index in [0.29, 0.717) is 18.8 Å². The molecule has 21 heavy (non-hydrogen) atoms. The van der Waals surface area contributed by atoms with Gasteiger partial charge in [-0.25, -0.2) is 0 Å². The minimum absolute atomic E-state index is 0.0392. The monoisotopic (exact) mass is 283 g/mol. The highest BCUT2D eigenvalue weighted by Gasteiger charge is 2.55. The van der Waals surface area contributed by atoms with Gasteiger partial charge in [0.15, 0.2) is 6.61 Å². The number of nitrogens with zero attached hydrogens (tertiary/aromatic N) is 1. The third-order valence-corrected chi connectivity index (χ3v) is 4.45. The van der Waals surface area contributed by atoms with Gasteiger partial charge in [0.1, 0.15) is 11.8 Å². The summed E-state index contributed by atoms with van der Waals surface area (Å²) in [6, 6.07) is 9.51. The number of benzene rings is 1. The number of nitriles is 1. The van der Waals surface area contributed by atoms with Gasteiger partial charge < -0.3 is 9.47 Å². The maximum absolute atomic E-state index is 12.2. The molecule has 1 saturated carbocycles. The number of esters is 1. The SMILES string of the molecule is C=C1CC2COC(=O)C2(Cc2ccc(OCC#N)cc2)C1. The minimum atomic E-state index is -0.424. The summed E-state index contributed by atoms with van der Waals surface area (Å²) in [5.74, 6) is 0.835. The number of allylic oxidation sites excluding steroid dienone is 1. The van der Waals surface area contributed by atoms with Crippen LogP contribution < -0.4 is 4.74 Å². The molecule has 1 aliphatic carbocycles. The number of hydrogen-bond acceptors (Lipinski definition) is 4. The van der Waals surface area contributed by atoms with E-state index in [1.165, 1.54) is 0 Å². The lowest BCUT2D eigenvalue weighted by Crippen LogP contribution is -2.31. The summed E-state index contributed by atoms with van der Waals surface area (Å²) in [5.41, 5.74) is 1.80. The van der Waals surface area contributed by atoms with Gasteiger partial charge in [-0.15, -0.1) is 0 Å². The molecule has 108 valence electrons. The topological polar surface area (TPSA) is 59.3 Å². The lowest BCUT2D eigenvalue weighted by Gasteiger charge is -2.24. The second-order valence-electron chi connectivity index (χ2n) is 5.85. The van der Waals surface area contributed by atoms with Crippen molar-refractivity contribution in [1.29, 1.82) is 5.26 Å². The average molecular weight is 283 g/mol. The molecule has 0 spiro atoms. The van der Waals surface area contributed by atoms with E-state index in [-0.39, 0.29) is 18.5 Å². The van der Waals surface area contributed by atoms with Crippen LogP contribution in [0.25, 0.3) is 0 Å². The van der Waals surface area contributed by atoms with Crippen LogP contribution in [-0.2, 0) is 16.0 Å². The highest BCUT2D eigenvalue weighted by atomic mass is 16.5. The summed E-state index contributed by atoms with van der Waals surface area (Å²) in [6.07, 6.45) is 2.28. The molecule has 0 amide bonds. The van der Waals surface area contributed by atoms with E-state index in [1.807, 2.05) is 30.3 Å². The van der Waals surface area contributed by atoms with Crippen LogP contribution in [0.15, 0.2) is 36.4 Å². The predicted molar refractivity (Wildman–Crippen MR) is 76.5 cm³/mol. The standard InChI is InChI=1S/C17H17NO3/c1-12-8-14-11-21-16(19)17(14,9-12)10-13-2-4-15(5-3-13)20-7-6-18/h2-5,14H,1,7-11H2. The number of fused-ring (bicyclic) bond motifs is 1. The number of carbonyl (C=O) groups is 1. The number of ether oxygens (including phenoxy) is 2. The molecule has 2 atom stereocenters. The van der Waals surface area contributed by atoms with Gasteiger partial charge in [-0.2, -0.15) is 5.26 Å². The molecule has 4 nitrogen and oxygen atoms in total. The zero-order chi connectivity index (χ0) is 14.9. The molecule has 1 saturated heterocycles. The van der Waals surface area contributed by atoms with Crippen molar-refractivity contribution in [2.45, 2.75) is 19.3 Å². The van der Waals surface area contributed by atoms with Crippen LogP contribution >= 0.6 is 0 Å². The molecule has 2 fully saturated rings. The van der Waals surface area contributed by atoms with Gasteiger partial charge in [-0.05, 0) is 37.0 Å². The van der Waals surface area contributed by atoms with Crippen molar-refractivity contribution < 1.29 is 14.3 Å². The van der Waals surface area contributed by atoms with Gasteiger partial charge in [0, 0.05) is 5.92 Å². The number of carbonyl (C=O) groups excluding carboxylic acids is 1. The van der Waals surface area contributed by atoms with Crippen LogP contribution in [0.5, 0.6) is 5.75 Å². The van der Waals surface area contributed by atoms with Gasteiger partial charge in [0.05, 0.1) is 12.0 Å². The summed E-state index contributed by atoms with van der Waals surface area (Å²) in [7, 11) is 0. The van der Waals surface area contributed by atoms with Crippen molar-refractivity contribution in [1.82, 2.24) is 0 Å². The summed E-state index contributed by atoms with van der Waals surface area (Å²) >= 11 is 0. The normalized spacial score (nSPS) is 27.1. The van der Waals surface area contributed by atoms with Gasteiger partial charge in [0.2, 0.25) is 0 Å². The number of cyclic esters (lactones) is 1. The maximum Gasteiger partial charge on any atom is 0.313 e. The Labute approximate surface area is 124 Å². The molecule has 0 N–H and O–H groups in total. The maximum atomic E-state index is 12.2. The fraction of sp³-hybridized carbons (Fsp3) is 0.412. The van der Waals surface area contributed by atoms with Crippen molar-refractivity contribution >= 4 is 5.97 Å². The summed E-state index contributed by atoms with van der Waals surface area (Å²) < 4.78 is 10.5. The lowest BCUT2D eigenvalue weighted by atomic mass is 9.75. The Morgan fingerprint density at radius 1 is 1.43 bits per heavy atom. The molecule has 1 aliphatic heterocycles. The Kier molecular flexibility index (Phi) is 3.42. The predicted octanol–water partition coefficient (Wildman–Crippen LogP) is 2.64. The Bertz CT molecular complexity index is 614. The van der Waals surface area contributed by atoms with Crippen LogP contribution in [0.1, 0.15) is 18.4 Å². The fourth-order valence-electron chi connectivity index (χ4n) is 3.45. The molecule has 3 rings (SSSR count). The quantitative estimate of drug-likeness (QED) is 0.629. The second kappa shape index (κ2) is 5.25. The van der Waals surface area contributed by atoms with E-state index in [2.05, 4.69) is 6.58 Å². The molecule has 1 aromatic rings. The Morgan fingerprint density at radius 3 is 2.90 bits per heavy atom. The average Bonchev–Trinajstić information content (AvgIpc) is 2.94. The van der Waals surface area contributed by atoms with E-state index in [4.69, 9.17) is 14.7 Å². The zero-order valence-electron chi connectivity index (χ0n) is 11.8. The molecular weight excluding hydrogens is 266 g/mol. The third-order valence-electron chi connectivity index (χ3n) is 4.45. The van der Waals surface area contributed by atoms with E-state index >= 15 is 0 Å². The van der Waals surface area contributed by atoms with E-state index in [9.17, 15) is 4.79 Å². The minimum Gasteiger partial charge on any atom is -0.479 e. The molecule has 4 heteroatoms. The van der Waals surface area contributed by atoms with Gasteiger partial charge >= 0.3 is 5.97 Å². The van der Waals surface area contributed by atoms with Crippen LogP contribution in [0.3, 0.4) is 0 Å². The second-order valence-corrected chi connectivity index (χ2v) is 5.85. The highest BCUT2D eigenvalue weighted by molar-refractivity contribution is 5.81. The van der Waals surface area contributed by atoms with Crippen LogP contribution in [0.2, 0.25) is 0 Å². The van der Waals surface area contributed by atoms with Crippen LogP contribution in [-0.4, -0.2) is 19.2 Å². The van der Waals surface area contributed by atoms with Crippen molar-refractivity contribution in [3.8, 4) is 11.8 Å². The molecule has 1 aromatic carbocycles. The zero-order valence-corrected chi connectivity index (χ0v) is 11.8. The third kappa shape index (κ3) is 2.40. The van der Waals surface area contributed by atoms with Crippen LogP contribution in [0, 0.1) is 22.7 Å². The summed E-state index contributed by atoms with van der Waals surface area (Å²) in [6.45, 7) is 4.60. The summed E-state index contributed by atoms with van der Waals surface area (Å²) in [4.78, 5) is 12.2. The first kappa shape index (κ1) is 13.7. The number of hydrogen-bond donors (Lipinski definition) is 0. The van der Waals surface area contributed by atoms with E-state index < -0.39 is 5.41 Å². The lowest BCUT2D eigenvalue weighted by molar-refractivity contribution is -0.146. The molecule has 0 bridgehead atoms. The Hall–Kier alpha value is -2.28. The van der Waals surface area contributed by atoms with Gasteiger partial charge in [0.25, 0.3) is 0 Å². The highest BCUT2D eigenvalue weighted by Crippen LogP contribution is 2.52. The fourth-order valence-corrected chi connectivity index (χ4v) is 3.45. The molecule has 2 unspecified atom stereocenters. The van der Waals surface area contributed by atoms with Crippen molar-refractivity contribution in [2.24, 2.45) is 11.3 Å². The first-order valence-corrected chi connectivity index (χ1v) is 7.06. The summed E-state index contributed by atoms with van der Waals surface area (Å²) in [5, 5.41) is 8.49. The van der Waals surface area contributed by atoms with E-state index in [0.717, 1.165) is 24.0 Å². The van der Waals surface area contributed by atoms with E-state index in [1.54, 1.807) is 0 Å². The largest absolute Gasteiger partial charge is 0.479 e. The smallest absolute Gasteiger partial charge is 0.313 e. The van der Waals surface area contributed by atoms with Gasteiger partial charge in [-0.1, -0.05) is 24.3 Å². The van der Waals surface area contributed by atoms with Crippen LogP contribution in [0.4, 0.5) is 0 Å². The molecule has 0 radical (unpaired) electrons. The first-order chi connectivity index (χ1) is 10.1.